The quantitative estimate of drug-likeness (QED) is 0.586. The van der Waals surface area contributed by atoms with Crippen molar-refractivity contribution in [2.24, 2.45) is 0 Å². The average Bonchev–Trinajstić information content (AvgIpc) is 3.12. The molecule has 3 aromatic carbocycles. The van der Waals surface area contributed by atoms with Crippen LogP contribution in [0.4, 0.5) is 8.78 Å². The summed E-state index contributed by atoms with van der Waals surface area (Å²) in [6, 6.07) is 21.4. The monoisotopic (exact) mass is 394 g/mol. The first-order chi connectivity index (χ1) is 14.1. The third-order valence-corrected chi connectivity index (χ3v) is 5.35. The molecule has 1 saturated heterocycles. The molecule has 1 aliphatic rings. The summed E-state index contributed by atoms with van der Waals surface area (Å²) in [5.41, 5.74) is 3.27. The van der Waals surface area contributed by atoms with E-state index in [4.69, 9.17) is 4.74 Å². The second kappa shape index (κ2) is 8.72. The Kier molecular flexibility index (Phi) is 5.88. The van der Waals surface area contributed by atoms with Crippen molar-refractivity contribution in [2.75, 3.05) is 20.2 Å². The number of hydrogen-bond donors (Lipinski definition) is 0. The fourth-order valence-electron chi connectivity index (χ4n) is 3.95. The Bertz CT molecular complexity index is 944. The summed E-state index contributed by atoms with van der Waals surface area (Å²) in [6.07, 6.45) is 0.0202. The molecule has 29 heavy (non-hydrogen) atoms. The third-order valence-electron chi connectivity index (χ3n) is 5.35. The van der Waals surface area contributed by atoms with Gasteiger partial charge in [-0.15, -0.1) is 0 Å². The van der Waals surface area contributed by atoms with E-state index in [1.807, 2.05) is 42.5 Å². The SMILES string of the molecule is COc1cccc(CN2CCN(Cc3ccc(F)cc3)[C@@H]2c2ccc(F)cc2)c1. The van der Waals surface area contributed by atoms with Gasteiger partial charge in [0.05, 0.1) is 13.3 Å². The molecule has 0 saturated carbocycles. The minimum Gasteiger partial charge on any atom is -0.497 e. The Balaban J connectivity index is 1.59. The summed E-state index contributed by atoms with van der Waals surface area (Å²) in [6.45, 7) is 3.24. The van der Waals surface area contributed by atoms with E-state index in [1.165, 1.54) is 29.8 Å². The van der Waals surface area contributed by atoms with Crippen LogP contribution in [0.25, 0.3) is 0 Å². The van der Waals surface area contributed by atoms with E-state index in [2.05, 4.69) is 15.9 Å². The molecular weight excluding hydrogens is 370 g/mol. The summed E-state index contributed by atoms with van der Waals surface area (Å²) in [5.74, 6) is 0.365. The smallest absolute Gasteiger partial charge is 0.123 e. The maximum atomic E-state index is 13.5. The Hall–Kier alpha value is -2.76. The van der Waals surface area contributed by atoms with E-state index in [-0.39, 0.29) is 17.8 Å². The zero-order valence-electron chi connectivity index (χ0n) is 16.4. The molecule has 1 fully saturated rings. The Morgan fingerprint density at radius 3 is 2.00 bits per heavy atom. The van der Waals surface area contributed by atoms with Gasteiger partial charge in [-0.1, -0.05) is 36.4 Å². The van der Waals surface area contributed by atoms with E-state index in [0.717, 1.165) is 36.5 Å². The highest BCUT2D eigenvalue weighted by molar-refractivity contribution is 5.29. The van der Waals surface area contributed by atoms with Crippen molar-refractivity contribution < 1.29 is 13.5 Å². The average molecular weight is 394 g/mol. The number of nitrogens with zero attached hydrogens (tertiary/aromatic N) is 2. The molecule has 3 nitrogen and oxygen atoms in total. The molecule has 1 heterocycles. The van der Waals surface area contributed by atoms with E-state index in [1.54, 1.807) is 7.11 Å². The second-order valence-electron chi connectivity index (χ2n) is 7.34. The number of ether oxygens (including phenoxy) is 1. The second-order valence-corrected chi connectivity index (χ2v) is 7.34. The zero-order chi connectivity index (χ0) is 20.2. The molecule has 1 aliphatic heterocycles. The van der Waals surface area contributed by atoms with Gasteiger partial charge in [-0.2, -0.15) is 0 Å². The molecule has 0 amide bonds. The Morgan fingerprint density at radius 1 is 0.793 bits per heavy atom. The number of hydrogen-bond acceptors (Lipinski definition) is 3. The van der Waals surface area contributed by atoms with Crippen LogP contribution in [0.1, 0.15) is 22.9 Å². The topological polar surface area (TPSA) is 15.7 Å². The van der Waals surface area contributed by atoms with Gasteiger partial charge >= 0.3 is 0 Å². The highest BCUT2D eigenvalue weighted by Gasteiger charge is 2.33. The molecule has 4 rings (SSSR count). The van der Waals surface area contributed by atoms with Crippen molar-refractivity contribution in [3.8, 4) is 5.75 Å². The van der Waals surface area contributed by atoms with Gasteiger partial charge in [-0.3, -0.25) is 9.80 Å². The standard InChI is InChI=1S/C24H24F2N2O/c1-29-23-4-2-3-19(15-23)17-28-14-13-27(16-18-5-9-21(25)10-6-18)24(28)20-7-11-22(26)12-8-20/h2-12,15,24H,13-14,16-17H2,1H3/t24-/m0/s1. The summed E-state index contributed by atoms with van der Waals surface area (Å²) >= 11 is 0. The molecular formula is C24H24F2N2O. The van der Waals surface area contributed by atoms with Gasteiger partial charge in [-0.25, -0.2) is 8.78 Å². The maximum absolute atomic E-state index is 13.5. The van der Waals surface area contributed by atoms with Crippen LogP contribution in [0.15, 0.2) is 72.8 Å². The highest BCUT2D eigenvalue weighted by atomic mass is 19.1. The fraction of sp³-hybridized carbons (Fsp3) is 0.250. The van der Waals surface area contributed by atoms with Crippen LogP contribution < -0.4 is 4.74 Å². The van der Waals surface area contributed by atoms with Crippen molar-refractivity contribution in [3.63, 3.8) is 0 Å². The first-order valence-corrected chi connectivity index (χ1v) is 9.73. The van der Waals surface area contributed by atoms with Crippen LogP contribution in [-0.2, 0) is 13.1 Å². The van der Waals surface area contributed by atoms with Crippen LogP contribution in [0, 0.1) is 11.6 Å². The van der Waals surface area contributed by atoms with Crippen LogP contribution in [-0.4, -0.2) is 30.0 Å². The minimum atomic E-state index is -0.240. The molecule has 3 aromatic rings. The predicted molar refractivity (Wildman–Crippen MR) is 109 cm³/mol. The minimum absolute atomic E-state index is 0.0202. The third kappa shape index (κ3) is 4.63. The van der Waals surface area contributed by atoms with Gasteiger partial charge in [0, 0.05) is 26.2 Å². The van der Waals surface area contributed by atoms with Crippen LogP contribution in [0.3, 0.4) is 0 Å². The summed E-state index contributed by atoms with van der Waals surface area (Å²) in [4.78, 5) is 4.73. The molecule has 5 heteroatoms. The largest absolute Gasteiger partial charge is 0.497 e. The van der Waals surface area contributed by atoms with Crippen molar-refractivity contribution >= 4 is 0 Å². The van der Waals surface area contributed by atoms with Gasteiger partial charge < -0.3 is 4.74 Å². The predicted octanol–water partition coefficient (Wildman–Crippen LogP) is 4.99. The first-order valence-electron chi connectivity index (χ1n) is 9.73. The number of benzene rings is 3. The lowest BCUT2D eigenvalue weighted by Gasteiger charge is -2.31. The van der Waals surface area contributed by atoms with E-state index >= 15 is 0 Å². The Morgan fingerprint density at radius 2 is 1.38 bits per heavy atom. The Labute approximate surface area is 170 Å². The molecule has 150 valence electrons. The molecule has 0 spiro atoms. The lowest BCUT2D eigenvalue weighted by molar-refractivity contribution is 0.125. The molecule has 0 bridgehead atoms. The molecule has 0 unspecified atom stereocenters. The van der Waals surface area contributed by atoms with Crippen LogP contribution >= 0.6 is 0 Å². The van der Waals surface area contributed by atoms with Gasteiger partial charge in [-0.05, 0) is 53.1 Å². The van der Waals surface area contributed by atoms with E-state index < -0.39 is 0 Å². The van der Waals surface area contributed by atoms with Crippen LogP contribution in [0.5, 0.6) is 5.75 Å². The van der Waals surface area contributed by atoms with E-state index in [0.29, 0.717) is 6.54 Å². The van der Waals surface area contributed by atoms with Gasteiger partial charge in [0.25, 0.3) is 0 Å². The lowest BCUT2D eigenvalue weighted by atomic mass is 10.1. The fourth-order valence-corrected chi connectivity index (χ4v) is 3.95. The first kappa shape index (κ1) is 19.6. The molecule has 0 aliphatic carbocycles. The summed E-state index contributed by atoms with van der Waals surface area (Å²) in [7, 11) is 1.67. The van der Waals surface area contributed by atoms with Crippen molar-refractivity contribution in [3.05, 3.63) is 101 Å². The number of rotatable bonds is 6. The van der Waals surface area contributed by atoms with Crippen molar-refractivity contribution in [1.29, 1.82) is 0 Å². The van der Waals surface area contributed by atoms with Gasteiger partial charge in [0.2, 0.25) is 0 Å². The van der Waals surface area contributed by atoms with E-state index in [9.17, 15) is 8.78 Å². The molecule has 0 aromatic heterocycles. The summed E-state index contributed by atoms with van der Waals surface area (Å²) in [5, 5.41) is 0. The normalized spacial score (nSPS) is 17.6. The van der Waals surface area contributed by atoms with Crippen molar-refractivity contribution in [2.45, 2.75) is 19.3 Å². The van der Waals surface area contributed by atoms with Crippen molar-refractivity contribution in [1.82, 2.24) is 9.80 Å². The number of methoxy groups -OCH3 is 1. The number of halogens is 2. The molecule has 1 atom stereocenters. The lowest BCUT2D eigenvalue weighted by Crippen LogP contribution is -2.30. The van der Waals surface area contributed by atoms with Crippen LogP contribution in [0.2, 0.25) is 0 Å². The maximum Gasteiger partial charge on any atom is 0.123 e. The zero-order valence-corrected chi connectivity index (χ0v) is 16.4. The highest BCUT2D eigenvalue weighted by Crippen LogP contribution is 2.33. The van der Waals surface area contributed by atoms with Gasteiger partial charge in [0.15, 0.2) is 0 Å². The van der Waals surface area contributed by atoms with Gasteiger partial charge in [0.1, 0.15) is 17.4 Å². The summed E-state index contributed by atoms with van der Waals surface area (Å²) < 4.78 is 32.1. The molecule has 0 radical (unpaired) electrons. The molecule has 0 N–H and O–H groups in total.